The summed E-state index contributed by atoms with van der Waals surface area (Å²) >= 11 is 1.44. The van der Waals surface area contributed by atoms with Gasteiger partial charge in [0.05, 0.1) is 6.54 Å². The van der Waals surface area contributed by atoms with Crippen molar-refractivity contribution in [3.8, 4) is 0 Å². The van der Waals surface area contributed by atoms with Crippen LogP contribution in [0.3, 0.4) is 0 Å². The molecular weight excluding hydrogens is 212 g/mol. The van der Waals surface area contributed by atoms with E-state index in [1.807, 2.05) is 6.07 Å². The van der Waals surface area contributed by atoms with Crippen molar-refractivity contribution in [2.75, 3.05) is 12.4 Å². The predicted molar refractivity (Wildman–Crippen MR) is 59.3 cm³/mol. The van der Waals surface area contributed by atoms with Gasteiger partial charge in [0, 0.05) is 19.3 Å². The fraction of sp³-hybridized carbons (Fsp3) is 0.222. The number of hydrogen-bond donors (Lipinski definition) is 1. The van der Waals surface area contributed by atoms with Crippen LogP contribution in [0.15, 0.2) is 29.2 Å². The maximum absolute atomic E-state index is 11.4. The van der Waals surface area contributed by atoms with Crippen LogP contribution >= 0.6 is 11.3 Å². The van der Waals surface area contributed by atoms with Crippen molar-refractivity contribution in [1.82, 2.24) is 14.8 Å². The Morgan fingerprint density at radius 2 is 2.33 bits per heavy atom. The molecule has 0 fully saturated rings. The SMILES string of the molecule is CNc1nnc(Cn2ccccc2=O)s1. The minimum atomic E-state index is -0.0290. The molecule has 0 amide bonds. The van der Waals surface area contributed by atoms with Crippen molar-refractivity contribution in [1.29, 1.82) is 0 Å². The van der Waals surface area contributed by atoms with Crippen LogP contribution in [0.1, 0.15) is 5.01 Å². The van der Waals surface area contributed by atoms with Gasteiger partial charge < -0.3 is 9.88 Å². The molecule has 0 aliphatic heterocycles. The molecule has 0 bridgehead atoms. The Labute approximate surface area is 90.4 Å². The highest BCUT2D eigenvalue weighted by molar-refractivity contribution is 7.15. The lowest BCUT2D eigenvalue weighted by molar-refractivity contribution is 0.744. The van der Waals surface area contributed by atoms with Gasteiger partial charge in [-0.15, -0.1) is 10.2 Å². The molecule has 2 aromatic heterocycles. The van der Waals surface area contributed by atoms with E-state index >= 15 is 0 Å². The number of nitrogens with one attached hydrogen (secondary N) is 1. The monoisotopic (exact) mass is 222 g/mol. The summed E-state index contributed by atoms with van der Waals surface area (Å²) in [6, 6.07) is 5.07. The lowest BCUT2D eigenvalue weighted by Crippen LogP contribution is -2.18. The molecule has 6 heteroatoms. The van der Waals surface area contributed by atoms with E-state index in [0.29, 0.717) is 6.54 Å². The van der Waals surface area contributed by atoms with E-state index in [0.717, 1.165) is 10.1 Å². The number of pyridine rings is 1. The number of hydrogen-bond acceptors (Lipinski definition) is 5. The quantitative estimate of drug-likeness (QED) is 0.834. The summed E-state index contributed by atoms with van der Waals surface area (Å²) in [5.41, 5.74) is -0.0290. The second kappa shape index (κ2) is 4.22. The van der Waals surface area contributed by atoms with Gasteiger partial charge in [-0.05, 0) is 6.07 Å². The summed E-state index contributed by atoms with van der Waals surface area (Å²) in [6.07, 6.45) is 1.74. The Kier molecular flexibility index (Phi) is 2.77. The Morgan fingerprint density at radius 3 is 3.00 bits per heavy atom. The maximum atomic E-state index is 11.4. The van der Waals surface area contributed by atoms with Gasteiger partial charge in [-0.3, -0.25) is 4.79 Å². The highest BCUT2D eigenvalue weighted by Crippen LogP contribution is 2.14. The molecular formula is C9H10N4OS. The van der Waals surface area contributed by atoms with Crippen LogP contribution in [0.2, 0.25) is 0 Å². The third kappa shape index (κ3) is 2.21. The summed E-state index contributed by atoms with van der Waals surface area (Å²) in [5, 5.41) is 12.3. The lowest BCUT2D eigenvalue weighted by atomic mass is 10.5. The van der Waals surface area contributed by atoms with Crippen molar-refractivity contribution < 1.29 is 0 Å². The molecule has 0 aliphatic rings. The number of anilines is 1. The van der Waals surface area contributed by atoms with Crippen molar-refractivity contribution in [2.45, 2.75) is 6.54 Å². The van der Waals surface area contributed by atoms with E-state index in [2.05, 4.69) is 15.5 Å². The summed E-state index contributed by atoms with van der Waals surface area (Å²) in [7, 11) is 1.79. The first-order chi connectivity index (χ1) is 7.29. The van der Waals surface area contributed by atoms with Crippen LogP contribution in [0, 0.1) is 0 Å². The molecule has 0 saturated heterocycles. The standard InChI is InChI=1S/C9H10N4OS/c1-10-9-12-11-7(15-9)6-13-5-3-2-4-8(13)14/h2-5H,6H2,1H3,(H,10,12). The third-order valence-corrected chi connectivity index (χ3v) is 2.81. The Balaban J connectivity index is 2.22. The van der Waals surface area contributed by atoms with Crippen molar-refractivity contribution in [2.24, 2.45) is 0 Å². The zero-order valence-corrected chi connectivity index (χ0v) is 8.99. The molecule has 0 radical (unpaired) electrons. The Bertz CT molecular complexity index is 505. The summed E-state index contributed by atoms with van der Waals surface area (Å²) < 4.78 is 1.60. The molecule has 2 aromatic rings. The number of aromatic nitrogens is 3. The first kappa shape index (κ1) is 9.85. The largest absolute Gasteiger partial charge is 0.363 e. The van der Waals surface area contributed by atoms with Crippen molar-refractivity contribution in [3.05, 3.63) is 39.8 Å². The summed E-state index contributed by atoms with van der Waals surface area (Å²) in [4.78, 5) is 11.4. The molecule has 0 atom stereocenters. The highest BCUT2D eigenvalue weighted by Gasteiger charge is 2.03. The Morgan fingerprint density at radius 1 is 1.47 bits per heavy atom. The fourth-order valence-electron chi connectivity index (χ4n) is 1.16. The summed E-state index contributed by atoms with van der Waals surface area (Å²) in [6.45, 7) is 0.471. The van der Waals surface area contributed by atoms with E-state index in [-0.39, 0.29) is 5.56 Å². The van der Waals surface area contributed by atoms with Gasteiger partial charge in [0.1, 0.15) is 5.01 Å². The maximum Gasteiger partial charge on any atom is 0.250 e. The predicted octanol–water partition coefficient (Wildman–Crippen LogP) is 0.790. The molecule has 0 unspecified atom stereocenters. The molecule has 0 aliphatic carbocycles. The summed E-state index contributed by atoms with van der Waals surface area (Å²) in [5.74, 6) is 0. The molecule has 1 N–H and O–H groups in total. The Hall–Kier alpha value is -1.69. The number of rotatable bonds is 3. The van der Waals surface area contributed by atoms with Gasteiger partial charge in [-0.25, -0.2) is 0 Å². The van der Waals surface area contributed by atoms with Crippen LogP contribution in [0.25, 0.3) is 0 Å². The van der Waals surface area contributed by atoms with Crippen LogP contribution in [-0.4, -0.2) is 21.8 Å². The lowest BCUT2D eigenvalue weighted by Gasteiger charge is -1.99. The van der Waals surface area contributed by atoms with E-state index in [4.69, 9.17) is 0 Å². The molecule has 5 nitrogen and oxygen atoms in total. The average Bonchev–Trinajstić information content (AvgIpc) is 2.69. The van der Waals surface area contributed by atoms with Gasteiger partial charge in [-0.1, -0.05) is 17.4 Å². The van der Waals surface area contributed by atoms with Crippen LogP contribution in [0.4, 0.5) is 5.13 Å². The van der Waals surface area contributed by atoms with Gasteiger partial charge in [0.25, 0.3) is 5.56 Å². The molecule has 0 saturated carbocycles. The normalized spacial score (nSPS) is 10.2. The van der Waals surface area contributed by atoms with E-state index in [9.17, 15) is 4.79 Å². The van der Waals surface area contributed by atoms with Crippen LogP contribution in [0.5, 0.6) is 0 Å². The zero-order chi connectivity index (χ0) is 10.7. The fourth-order valence-corrected chi connectivity index (χ4v) is 1.85. The topological polar surface area (TPSA) is 59.8 Å². The first-order valence-electron chi connectivity index (χ1n) is 4.45. The van der Waals surface area contributed by atoms with Gasteiger partial charge in [0.2, 0.25) is 5.13 Å². The molecule has 0 spiro atoms. The van der Waals surface area contributed by atoms with Crippen LogP contribution < -0.4 is 10.9 Å². The van der Waals surface area contributed by atoms with Crippen molar-refractivity contribution >= 4 is 16.5 Å². The second-order valence-corrected chi connectivity index (χ2v) is 3.98. The minimum Gasteiger partial charge on any atom is -0.363 e. The molecule has 0 aromatic carbocycles. The highest BCUT2D eigenvalue weighted by atomic mass is 32.1. The third-order valence-electron chi connectivity index (χ3n) is 1.89. The second-order valence-electron chi connectivity index (χ2n) is 2.92. The van der Waals surface area contributed by atoms with E-state index < -0.39 is 0 Å². The van der Waals surface area contributed by atoms with Crippen molar-refractivity contribution in [3.63, 3.8) is 0 Å². The number of nitrogens with zero attached hydrogens (tertiary/aromatic N) is 3. The van der Waals surface area contributed by atoms with E-state index in [1.54, 1.807) is 23.9 Å². The minimum absolute atomic E-state index is 0.0290. The van der Waals surface area contributed by atoms with Gasteiger partial charge >= 0.3 is 0 Å². The zero-order valence-electron chi connectivity index (χ0n) is 8.17. The smallest absolute Gasteiger partial charge is 0.250 e. The molecule has 78 valence electrons. The molecule has 2 rings (SSSR count). The average molecular weight is 222 g/mol. The molecule has 2 heterocycles. The first-order valence-corrected chi connectivity index (χ1v) is 5.27. The van der Waals surface area contributed by atoms with Gasteiger partial charge in [0.15, 0.2) is 0 Å². The van der Waals surface area contributed by atoms with Crippen LogP contribution in [-0.2, 0) is 6.54 Å². The van der Waals surface area contributed by atoms with E-state index in [1.165, 1.54) is 17.4 Å². The molecule has 15 heavy (non-hydrogen) atoms. The van der Waals surface area contributed by atoms with Gasteiger partial charge in [-0.2, -0.15) is 0 Å².